The second-order valence-electron chi connectivity index (χ2n) is 7.37. The number of nitrogen functional groups attached to an aromatic ring is 1. The highest BCUT2D eigenvalue weighted by atomic mass is 16.3. The van der Waals surface area contributed by atoms with Crippen LogP contribution in [0.15, 0.2) is 61.1 Å². The van der Waals surface area contributed by atoms with Crippen molar-refractivity contribution in [1.29, 1.82) is 0 Å². The van der Waals surface area contributed by atoms with Crippen LogP contribution in [0.5, 0.6) is 0 Å². The molecule has 7 nitrogen and oxygen atoms in total. The molecule has 1 aliphatic heterocycles. The van der Waals surface area contributed by atoms with E-state index in [0.29, 0.717) is 5.82 Å². The van der Waals surface area contributed by atoms with Crippen LogP contribution in [-0.4, -0.2) is 43.7 Å². The van der Waals surface area contributed by atoms with Crippen molar-refractivity contribution in [2.24, 2.45) is 0 Å². The zero-order valence-corrected chi connectivity index (χ0v) is 15.9. The summed E-state index contributed by atoms with van der Waals surface area (Å²) in [4.78, 5) is 16.0. The summed E-state index contributed by atoms with van der Waals surface area (Å²) < 4.78 is 2.04. The first-order valence-electron chi connectivity index (χ1n) is 9.77. The lowest BCUT2D eigenvalue weighted by Crippen LogP contribution is -2.36. The monoisotopic (exact) mass is 386 g/mol. The lowest BCUT2D eigenvalue weighted by atomic mass is 10.1. The number of imidazole rings is 1. The van der Waals surface area contributed by atoms with Gasteiger partial charge >= 0.3 is 0 Å². The average molecular weight is 386 g/mol. The fourth-order valence-corrected chi connectivity index (χ4v) is 3.79. The van der Waals surface area contributed by atoms with Crippen molar-refractivity contribution < 1.29 is 5.11 Å². The van der Waals surface area contributed by atoms with Gasteiger partial charge in [-0.3, -0.25) is 4.40 Å². The number of nitrogens with two attached hydrogens (primary N) is 1. The molecular formula is C22H22N6O. The first-order valence-corrected chi connectivity index (χ1v) is 9.77. The number of piperidine rings is 1. The summed E-state index contributed by atoms with van der Waals surface area (Å²) in [5, 5.41) is 9.73. The highest BCUT2D eigenvalue weighted by Gasteiger charge is 2.19. The van der Waals surface area contributed by atoms with E-state index in [1.807, 2.05) is 59.3 Å². The van der Waals surface area contributed by atoms with Gasteiger partial charge in [0.15, 0.2) is 5.82 Å². The quantitative estimate of drug-likeness (QED) is 0.526. The molecule has 29 heavy (non-hydrogen) atoms. The summed E-state index contributed by atoms with van der Waals surface area (Å²) in [7, 11) is 0. The van der Waals surface area contributed by atoms with E-state index in [9.17, 15) is 5.11 Å². The van der Waals surface area contributed by atoms with E-state index in [1.165, 1.54) is 0 Å². The number of nitrogens with zero attached hydrogens (tertiary/aromatic N) is 5. The topological polar surface area (TPSA) is 92.6 Å². The molecule has 146 valence electrons. The van der Waals surface area contributed by atoms with Crippen LogP contribution in [0.1, 0.15) is 12.8 Å². The number of hydrogen-bond donors (Lipinski definition) is 2. The van der Waals surface area contributed by atoms with Crippen molar-refractivity contribution in [3.05, 3.63) is 61.1 Å². The minimum absolute atomic E-state index is 0.204. The van der Waals surface area contributed by atoms with Crippen LogP contribution in [0.2, 0.25) is 0 Å². The summed E-state index contributed by atoms with van der Waals surface area (Å²) >= 11 is 0. The molecule has 3 aromatic heterocycles. The van der Waals surface area contributed by atoms with E-state index in [2.05, 4.69) is 14.9 Å². The predicted molar refractivity (Wildman–Crippen MR) is 114 cm³/mol. The zero-order chi connectivity index (χ0) is 19.8. The lowest BCUT2D eigenvalue weighted by Gasteiger charge is -2.30. The first kappa shape index (κ1) is 17.6. The molecular weight excluding hydrogens is 364 g/mol. The van der Waals surface area contributed by atoms with Crippen molar-refractivity contribution in [1.82, 2.24) is 19.4 Å². The maximum Gasteiger partial charge on any atom is 0.161 e. The Morgan fingerprint density at radius 3 is 2.69 bits per heavy atom. The molecule has 3 N–H and O–H groups in total. The second kappa shape index (κ2) is 7.18. The minimum Gasteiger partial charge on any atom is -0.399 e. The lowest BCUT2D eigenvalue weighted by molar-refractivity contribution is 0.145. The zero-order valence-electron chi connectivity index (χ0n) is 15.9. The smallest absolute Gasteiger partial charge is 0.161 e. The molecule has 7 heteroatoms. The second-order valence-corrected chi connectivity index (χ2v) is 7.37. The summed E-state index contributed by atoms with van der Waals surface area (Å²) in [6, 6.07) is 13.7. The standard InChI is InChI=1S/C22H22N6O/c23-17-3-1-2-15(12-17)19-14-25-21-13-16(5-11-28(19)21)22-24-8-4-20(26-22)27-9-6-18(29)7-10-27/h1-5,8,11-14,18,29H,6-7,9-10,23H2. The molecule has 0 unspecified atom stereocenters. The molecule has 0 bridgehead atoms. The third-order valence-corrected chi connectivity index (χ3v) is 5.38. The number of aliphatic hydroxyl groups is 1. The van der Waals surface area contributed by atoms with Crippen molar-refractivity contribution >= 4 is 17.2 Å². The van der Waals surface area contributed by atoms with Crippen molar-refractivity contribution in [2.75, 3.05) is 23.7 Å². The molecule has 0 saturated carbocycles. The van der Waals surface area contributed by atoms with Gasteiger partial charge in [0.1, 0.15) is 11.5 Å². The largest absolute Gasteiger partial charge is 0.399 e. The van der Waals surface area contributed by atoms with Gasteiger partial charge in [0.05, 0.1) is 18.0 Å². The fourth-order valence-electron chi connectivity index (χ4n) is 3.79. The summed E-state index contributed by atoms with van der Waals surface area (Å²) in [5.41, 5.74) is 10.4. The Balaban J connectivity index is 1.48. The number of benzene rings is 1. The van der Waals surface area contributed by atoms with Crippen LogP contribution in [0.25, 0.3) is 28.3 Å². The van der Waals surface area contributed by atoms with Gasteiger partial charge in [-0.2, -0.15) is 0 Å². The summed E-state index contributed by atoms with van der Waals surface area (Å²) in [6.45, 7) is 1.61. The molecule has 1 saturated heterocycles. The highest BCUT2D eigenvalue weighted by Crippen LogP contribution is 2.26. The van der Waals surface area contributed by atoms with E-state index in [0.717, 1.165) is 59.9 Å². The molecule has 0 amide bonds. The Bertz CT molecular complexity index is 1160. The summed E-state index contributed by atoms with van der Waals surface area (Å²) in [5.74, 6) is 1.56. The van der Waals surface area contributed by atoms with Crippen LogP contribution in [0.3, 0.4) is 0 Å². The van der Waals surface area contributed by atoms with Gasteiger partial charge in [0.2, 0.25) is 0 Å². The molecule has 0 aliphatic carbocycles. The Morgan fingerprint density at radius 2 is 1.86 bits per heavy atom. The number of fused-ring (bicyclic) bond motifs is 1. The van der Waals surface area contributed by atoms with Gasteiger partial charge in [0, 0.05) is 42.3 Å². The number of aliphatic hydroxyl groups excluding tert-OH is 1. The summed E-state index contributed by atoms with van der Waals surface area (Å²) in [6.07, 6.45) is 6.97. The van der Waals surface area contributed by atoms with Gasteiger partial charge in [0.25, 0.3) is 0 Å². The van der Waals surface area contributed by atoms with Crippen LogP contribution >= 0.6 is 0 Å². The molecule has 5 rings (SSSR count). The third-order valence-electron chi connectivity index (χ3n) is 5.38. The van der Waals surface area contributed by atoms with Crippen molar-refractivity contribution in [3.63, 3.8) is 0 Å². The predicted octanol–water partition coefficient (Wildman–Crippen LogP) is 3.00. The Kier molecular flexibility index (Phi) is 4.37. The molecule has 1 aliphatic rings. The number of pyridine rings is 1. The average Bonchev–Trinajstić information content (AvgIpc) is 3.18. The number of anilines is 2. The van der Waals surface area contributed by atoms with Crippen molar-refractivity contribution in [3.8, 4) is 22.6 Å². The van der Waals surface area contributed by atoms with Gasteiger partial charge in [-0.15, -0.1) is 0 Å². The fraction of sp³-hybridized carbons (Fsp3) is 0.227. The van der Waals surface area contributed by atoms with E-state index in [4.69, 9.17) is 10.7 Å². The van der Waals surface area contributed by atoms with Crippen LogP contribution in [0, 0.1) is 0 Å². The molecule has 1 fully saturated rings. The van der Waals surface area contributed by atoms with Crippen LogP contribution < -0.4 is 10.6 Å². The Labute approximate surface area is 168 Å². The molecule has 1 aromatic carbocycles. The molecule has 0 atom stereocenters. The van der Waals surface area contributed by atoms with E-state index in [-0.39, 0.29) is 6.10 Å². The SMILES string of the molecule is Nc1cccc(-c2cnc3cc(-c4nccc(N5CCC(O)CC5)n4)ccn23)c1. The third kappa shape index (κ3) is 3.40. The van der Waals surface area contributed by atoms with E-state index >= 15 is 0 Å². The van der Waals surface area contributed by atoms with Gasteiger partial charge < -0.3 is 15.7 Å². The number of rotatable bonds is 3. The number of aromatic nitrogens is 4. The van der Waals surface area contributed by atoms with E-state index in [1.54, 1.807) is 6.20 Å². The molecule has 4 heterocycles. The molecule has 4 aromatic rings. The van der Waals surface area contributed by atoms with Gasteiger partial charge in [-0.25, -0.2) is 15.0 Å². The van der Waals surface area contributed by atoms with Crippen LogP contribution in [0.4, 0.5) is 11.5 Å². The maximum absolute atomic E-state index is 9.73. The first-order chi connectivity index (χ1) is 14.2. The Hall–Kier alpha value is -3.45. The van der Waals surface area contributed by atoms with Gasteiger partial charge in [-0.05, 0) is 43.2 Å². The van der Waals surface area contributed by atoms with Crippen LogP contribution in [-0.2, 0) is 0 Å². The highest BCUT2D eigenvalue weighted by molar-refractivity contribution is 5.70. The molecule has 0 spiro atoms. The number of hydrogen-bond acceptors (Lipinski definition) is 6. The Morgan fingerprint density at radius 1 is 1.00 bits per heavy atom. The molecule has 0 radical (unpaired) electrons. The minimum atomic E-state index is -0.204. The van der Waals surface area contributed by atoms with E-state index < -0.39 is 0 Å². The van der Waals surface area contributed by atoms with Gasteiger partial charge in [-0.1, -0.05) is 12.1 Å². The van der Waals surface area contributed by atoms with Crippen molar-refractivity contribution in [2.45, 2.75) is 18.9 Å². The normalized spacial score (nSPS) is 15.1. The maximum atomic E-state index is 9.73.